The molecule has 1 spiro atoms. The summed E-state index contributed by atoms with van der Waals surface area (Å²) < 4.78 is 5.19. The zero-order valence-corrected chi connectivity index (χ0v) is 19.1. The highest BCUT2D eigenvalue weighted by Crippen LogP contribution is 2.33. The molecule has 3 aliphatic heterocycles. The zero-order chi connectivity index (χ0) is 22.8. The molecule has 0 radical (unpaired) electrons. The van der Waals surface area contributed by atoms with Crippen LogP contribution in [0.25, 0.3) is 0 Å². The summed E-state index contributed by atoms with van der Waals surface area (Å²) in [5, 5.41) is 6.59. The molecule has 2 atom stereocenters. The van der Waals surface area contributed by atoms with Gasteiger partial charge in [-0.05, 0) is 48.6 Å². The van der Waals surface area contributed by atoms with Gasteiger partial charge in [-0.15, -0.1) is 0 Å². The number of imide groups is 1. The number of rotatable bonds is 6. The Balaban J connectivity index is 1.19. The minimum Gasteiger partial charge on any atom is -0.497 e. The van der Waals surface area contributed by atoms with Crippen molar-refractivity contribution in [2.24, 2.45) is 5.92 Å². The molecular formula is C26H32N4O3. The van der Waals surface area contributed by atoms with E-state index in [0.29, 0.717) is 24.7 Å². The summed E-state index contributed by atoms with van der Waals surface area (Å²) in [5.41, 5.74) is 1.55. The van der Waals surface area contributed by atoms with Gasteiger partial charge in [0.15, 0.2) is 0 Å². The Morgan fingerprint density at radius 2 is 1.73 bits per heavy atom. The van der Waals surface area contributed by atoms with Gasteiger partial charge >= 0.3 is 6.03 Å². The number of hydrogen-bond donors (Lipinski definition) is 2. The van der Waals surface area contributed by atoms with Crippen LogP contribution in [0.5, 0.6) is 5.75 Å². The molecule has 3 heterocycles. The van der Waals surface area contributed by atoms with Crippen LogP contribution in [-0.4, -0.2) is 67.1 Å². The second-order valence-electron chi connectivity index (χ2n) is 9.49. The van der Waals surface area contributed by atoms with Crippen LogP contribution in [0.3, 0.4) is 0 Å². The van der Waals surface area contributed by atoms with E-state index in [1.165, 1.54) is 10.5 Å². The smallest absolute Gasteiger partial charge is 0.325 e. The highest BCUT2D eigenvalue weighted by Gasteiger charge is 2.52. The molecule has 3 amide bonds. The monoisotopic (exact) mass is 448 g/mol. The van der Waals surface area contributed by atoms with Crippen LogP contribution in [0.1, 0.15) is 29.9 Å². The summed E-state index contributed by atoms with van der Waals surface area (Å²) in [7, 11) is 1.62. The summed E-state index contributed by atoms with van der Waals surface area (Å²) in [4.78, 5) is 29.8. The molecule has 7 nitrogen and oxygen atoms in total. The van der Waals surface area contributed by atoms with E-state index in [2.05, 4.69) is 45.9 Å². The van der Waals surface area contributed by atoms with Crippen LogP contribution in [0, 0.1) is 5.92 Å². The lowest BCUT2D eigenvalue weighted by atomic mass is 9.85. The molecule has 0 bridgehead atoms. The molecule has 0 aliphatic carbocycles. The Kier molecular flexibility index (Phi) is 6.08. The maximum Gasteiger partial charge on any atom is 0.325 e. The molecule has 174 valence electrons. The van der Waals surface area contributed by atoms with E-state index in [0.717, 1.165) is 44.0 Å². The molecular weight excluding hydrogens is 416 g/mol. The Bertz CT molecular complexity index is 986. The van der Waals surface area contributed by atoms with Crippen LogP contribution in [-0.2, 0) is 11.3 Å². The first-order valence-electron chi connectivity index (χ1n) is 11.8. The van der Waals surface area contributed by atoms with Gasteiger partial charge in [0.2, 0.25) is 0 Å². The van der Waals surface area contributed by atoms with Gasteiger partial charge in [0.25, 0.3) is 5.91 Å². The second kappa shape index (κ2) is 9.15. The number of carbonyl (C=O) groups is 2. The van der Waals surface area contributed by atoms with Crippen molar-refractivity contribution in [3.05, 3.63) is 65.7 Å². The number of piperidine rings is 1. The van der Waals surface area contributed by atoms with Crippen molar-refractivity contribution in [1.29, 1.82) is 0 Å². The van der Waals surface area contributed by atoms with E-state index < -0.39 is 5.54 Å². The molecule has 3 fully saturated rings. The molecule has 3 aliphatic rings. The van der Waals surface area contributed by atoms with Crippen LogP contribution in [0.15, 0.2) is 54.6 Å². The van der Waals surface area contributed by atoms with Gasteiger partial charge in [0.05, 0.1) is 13.7 Å². The summed E-state index contributed by atoms with van der Waals surface area (Å²) in [6, 6.07) is 17.9. The minimum atomic E-state index is -0.757. The Labute approximate surface area is 195 Å². The third-order valence-electron chi connectivity index (χ3n) is 7.52. The summed E-state index contributed by atoms with van der Waals surface area (Å²) in [6.45, 7) is 4.97. The molecule has 2 aromatic carbocycles. The first kappa shape index (κ1) is 21.9. The molecule has 2 N–H and O–H groups in total. The number of methoxy groups -OCH3 is 1. The molecule has 0 aromatic heterocycles. The summed E-state index contributed by atoms with van der Waals surface area (Å²) >= 11 is 0. The topological polar surface area (TPSA) is 73.9 Å². The molecule has 7 heteroatoms. The highest BCUT2D eigenvalue weighted by atomic mass is 16.5. The van der Waals surface area contributed by atoms with E-state index in [1.54, 1.807) is 7.11 Å². The fourth-order valence-electron chi connectivity index (χ4n) is 5.54. The highest BCUT2D eigenvalue weighted by molar-refractivity contribution is 6.07. The number of amides is 3. The summed E-state index contributed by atoms with van der Waals surface area (Å²) in [6.07, 6.45) is 1.32. The molecule has 5 rings (SSSR count). The van der Waals surface area contributed by atoms with Crippen molar-refractivity contribution < 1.29 is 14.3 Å². The fourth-order valence-corrected chi connectivity index (χ4v) is 5.54. The van der Waals surface area contributed by atoms with Crippen LogP contribution in [0.4, 0.5) is 4.79 Å². The normalized spacial score (nSPS) is 24.9. The lowest BCUT2D eigenvalue weighted by molar-refractivity contribution is -0.133. The Morgan fingerprint density at radius 3 is 2.42 bits per heavy atom. The average Bonchev–Trinajstić information content (AvgIpc) is 3.40. The van der Waals surface area contributed by atoms with Crippen molar-refractivity contribution in [3.63, 3.8) is 0 Å². The van der Waals surface area contributed by atoms with Crippen molar-refractivity contribution in [2.45, 2.75) is 30.8 Å². The first-order valence-corrected chi connectivity index (χ1v) is 11.8. The van der Waals surface area contributed by atoms with Crippen LogP contribution >= 0.6 is 0 Å². The summed E-state index contributed by atoms with van der Waals surface area (Å²) in [5.74, 6) is 1.75. The van der Waals surface area contributed by atoms with Gasteiger partial charge in [0, 0.05) is 32.1 Å². The van der Waals surface area contributed by atoms with Gasteiger partial charge in [-0.2, -0.15) is 0 Å². The number of ether oxygens (including phenoxy) is 1. The van der Waals surface area contributed by atoms with E-state index in [9.17, 15) is 9.59 Å². The second-order valence-corrected chi connectivity index (χ2v) is 9.49. The van der Waals surface area contributed by atoms with Gasteiger partial charge in [-0.3, -0.25) is 9.69 Å². The molecule has 2 aromatic rings. The van der Waals surface area contributed by atoms with E-state index in [-0.39, 0.29) is 18.5 Å². The molecule has 33 heavy (non-hydrogen) atoms. The van der Waals surface area contributed by atoms with Crippen molar-refractivity contribution in [1.82, 2.24) is 20.4 Å². The lowest BCUT2D eigenvalue weighted by Gasteiger charge is -2.38. The van der Waals surface area contributed by atoms with E-state index >= 15 is 0 Å². The number of benzene rings is 2. The van der Waals surface area contributed by atoms with Crippen LogP contribution in [0.2, 0.25) is 0 Å². The predicted molar refractivity (Wildman–Crippen MR) is 126 cm³/mol. The Morgan fingerprint density at radius 1 is 1.00 bits per heavy atom. The third-order valence-corrected chi connectivity index (χ3v) is 7.52. The fraction of sp³-hybridized carbons (Fsp3) is 0.462. The average molecular weight is 449 g/mol. The van der Waals surface area contributed by atoms with Crippen molar-refractivity contribution in [3.8, 4) is 5.75 Å². The number of hydrogen-bond acceptors (Lipinski definition) is 5. The zero-order valence-electron chi connectivity index (χ0n) is 19.1. The van der Waals surface area contributed by atoms with Gasteiger partial charge in [-0.1, -0.05) is 42.5 Å². The minimum absolute atomic E-state index is 0.0901. The molecule has 3 saturated heterocycles. The number of urea groups is 1. The third kappa shape index (κ3) is 4.35. The van der Waals surface area contributed by atoms with Crippen LogP contribution < -0.4 is 15.4 Å². The van der Waals surface area contributed by atoms with Gasteiger partial charge < -0.3 is 20.3 Å². The van der Waals surface area contributed by atoms with Crippen molar-refractivity contribution >= 4 is 11.9 Å². The molecule has 0 unspecified atom stereocenters. The van der Waals surface area contributed by atoms with Gasteiger partial charge in [-0.25, -0.2) is 4.79 Å². The number of carbonyl (C=O) groups excluding carboxylic acids is 2. The molecule has 0 saturated carbocycles. The number of nitrogens with zero attached hydrogens (tertiary/aromatic N) is 2. The maximum absolute atomic E-state index is 13.3. The SMILES string of the molecule is COc1ccc(CN2C(=O)NC3(CCN(C[C@H]4CNC[C@@H]4c4ccccc4)CC3)C2=O)cc1. The van der Waals surface area contributed by atoms with Crippen molar-refractivity contribution in [2.75, 3.05) is 39.8 Å². The maximum atomic E-state index is 13.3. The largest absolute Gasteiger partial charge is 0.497 e. The standard InChI is InChI=1S/C26H32N4O3/c1-33-22-9-7-19(8-10-22)17-30-24(31)26(28-25(30)32)11-13-29(14-12-26)18-21-15-27-16-23(21)20-5-3-2-4-6-20/h2-10,21,23,27H,11-18H2,1H3,(H,28,32)/t21-,23-/m1/s1. The van der Waals surface area contributed by atoms with E-state index in [1.807, 2.05) is 24.3 Å². The van der Waals surface area contributed by atoms with E-state index in [4.69, 9.17) is 4.74 Å². The predicted octanol–water partition coefficient (Wildman–Crippen LogP) is 2.58. The lowest BCUT2D eigenvalue weighted by Crippen LogP contribution is -2.55. The quantitative estimate of drug-likeness (QED) is 0.665. The number of likely N-dealkylation sites (tertiary alicyclic amines) is 1. The Hall–Kier alpha value is -2.90. The van der Waals surface area contributed by atoms with Gasteiger partial charge in [0.1, 0.15) is 11.3 Å². The number of nitrogens with one attached hydrogen (secondary N) is 2. The first-order chi connectivity index (χ1) is 16.1.